The van der Waals surface area contributed by atoms with Crippen LogP contribution in [0.15, 0.2) is 12.2 Å². The van der Waals surface area contributed by atoms with E-state index in [0.29, 0.717) is 0 Å². The summed E-state index contributed by atoms with van der Waals surface area (Å²) in [6.07, 6.45) is 20.7. The second-order valence-electron chi connectivity index (χ2n) is 7.54. The van der Waals surface area contributed by atoms with Crippen LogP contribution >= 0.6 is 0 Å². The molecule has 0 bridgehead atoms. The van der Waals surface area contributed by atoms with Gasteiger partial charge in [0.15, 0.2) is 0 Å². The highest BCUT2D eigenvalue weighted by molar-refractivity contribution is 4.84. The molecule has 2 saturated carbocycles. The van der Waals surface area contributed by atoms with Crippen molar-refractivity contribution in [2.75, 3.05) is 6.67 Å². The first-order chi connectivity index (χ1) is 10.3. The molecule has 2 rings (SSSR count). The van der Waals surface area contributed by atoms with Gasteiger partial charge in [0.05, 0.1) is 6.67 Å². The Morgan fingerprint density at radius 1 is 0.810 bits per heavy atom. The standard InChI is InChI=1S/C20H35F/c1-2-3-4-6-17-8-12-19(13-9-17)20-14-10-18(11-15-20)7-5-16-21/h2-3,17-20H,4-16H2,1H3. The maximum Gasteiger partial charge on any atom is 0.0894 e. The van der Waals surface area contributed by atoms with Crippen molar-refractivity contribution in [2.24, 2.45) is 23.7 Å². The molecule has 0 saturated heterocycles. The van der Waals surface area contributed by atoms with Gasteiger partial charge in [0.1, 0.15) is 0 Å². The van der Waals surface area contributed by atoms with E-state index in [-0.39, 0.29) is 6.67 Å². The molecule has 0 aromatic rings. The summed E-state index contributed by atoms with van der Waals surface area (Å²) in [4.78, 5) is 0. The summed E-state index contributed by atoms with van der Waals surface area (Å²) in [7, 11) is 0. The van der Waals surface area contributed by atoms with Crippen molar-refractivity contribution in [2.45, 2.75) is 84.0 Å². The Labute approximate surface area is 131 Å². The molecule has 122 valence electrons. The van der Waals surface area contributed by atoms with Crippen molar-refractivity contribution in [3.8, 4) is 0 Å². The Morgan fingerprint density at radius 3 is 1.81 bits per heavy atom. The van der Waals surface area contributed by atoms with E-state index in [2.05, 4.69) is 19.1 Å². The van der Waals surface area contributed by atoms with Crippen LogP contribution in [-0.4, -0.2) is 6.67 Å². The van der Waals surface area contributed by atoms with Crippen molar-refractivity contribution < 1.29 is 4.39 Å². The van der Waals surface area contributed by atoms with Crippen LogP contribution in [0.1, 0.15) is 84.0 Å². The first-order valence-electron chi connectivity index (χ1n) is 9.50. The van der Waals surface area contributed by atoms with Crippen molar-refractivity contribution in [3.63, 3.8) is 0 Å². The van der Waals surface area contributed by atoms with E-state index in [1.807, 2.05) is 0 Å². The molecule has 0 amide bonds. The van der Waals surface area contributed by atoms with E-state index < -0.39 is 0 Å². The van der Waals surface area contributed by atoms with Crippen LogP contribution < -0.4 is 0 Å². The van der Waals surface area contributed by atoms with Gasteiger partial charge in [-0.2, -0.15) is 0 Å². The molecule has 0 N–H and O–H groups in total. The molecular formula is C20H35F. The summed E-state index contributed by atoms with van der Waals surface area (Å²) in [6, 6.07) is 0. The van der Waals surface area contributed by atoms with E-state index in [1.54, 1.807) is 0 Å². The smallest absolute Gasteiger partial charge is 0.0894 e. The molecule has 0 aromatic carbocycles. The van der Waals surface area contributed by atoms with E-state index in [9.17, 15) is 4.39 Å². The molecule has 0 spiro atoms. The third kappa shape index (κ3) is 5.75. The molecule has 0 aliphatic heterocycles. The maximum atomic E-state index is 12.3. The topological polar surface area (TPSA) is 0 Å². The predicted octanol–water partition coefficient (Wildman–Crippen LogP) is 6.71. The fourth-order valence-corrected chi connectivity index (χ4v) is 4.76. The van der Waals surface area contributed by atoms with Crippen molar-refractivity contribution >= 4 is 0 Å². The number of halogens is 1. The Balaban J connectivity index is 1.62. The fourth-order valence-electron chi connectivity index (χ4n) is 4.76. The Hall–Kier alpha value is -0.330. The van der Waals surface area contributed by atoms with Gasteiger partial charge < -0.3 is 0 Å². The minimum absolute atomic E-state index is 0.114. The lowest BCUT2D eigenvalue weighted by molar-refractivity contribution is 0.140. The van der Waals surface area contributed by atoms with Gasteiger partial charge >= 0.3 is 0 Å². The van der Waals surface area contributed by atoms with Crippen LogP contribution in [0.3, 0.4) is 0 Å². The molecule has 0 aromatic heterocycles. The monoisotopic (exact) mass is 294 g/mol. The predicted molar refractivity (Wildman–Crippen MR) is 90.2 cm³/mol. The van der Waals surface area contributed by atoms with Gasteiger partial charge in [0.25, 0.3) is 0 Å². The summed E-state index contributed by atoms with van der Waals surface area (Å²) in [5.41, 5.74) is 0. The lowest BCUT2D eigenvalue weighted by atomic mass is 9.68. The SMILES string of the molecule is CC=CCCC1CCC(C2CCC(CCCF)CC2)CC1. The van der Waals surface area contributed by atoms with E-state index in [1.165, 1.54) is 64.2 Å². The number of rotatable bonds is 7. The number of hydrogen-bond donors (Lipinski definition) is 0. The van der Waals surface area contributed by atoms with Crippen molar-refractivity contribution in [1.82, 2.24) is 0 Å². The van der Waals surface area contributed by atoms with Crippen LogP contribution in [-0.2, 0) is 0 Å². The van der Waals surface area contributed by atoms with Crippen molar-refractivity contribution in [1.29, 1.82) is 0 Å². The zero-order valence-electron chi connectivity index (χ0n) is 14.0. The van der Waals surface area contributed by atoms with Gasteiger partial charge in [-0.15, -0.1) is 0 Å². The van der Waals surface area contributed by atoms with Crippen LogP contribution in [0, 0.1) is 23.7 Å². The number of alkyl halides is 1. The molecule has 0 atom stereocenters. The van der Waals surface area contributed by atoms with Crippen LogP contribution in [0.2, 0.25) is 0 Å². The lowest BCUT2D eigenvalue weighted by Crippen LogP contribution is -2.25. The minimum Gasteiger partial charge on any atom is -0.251 e. The van der Waals surface area contributed by atoms with Crippen LogP contribution in [0.4, 0.5) is 4.39 Å². The average Bonchev–Trinajstić information content (AvgIpc) is 2.54. The molecule has 21 heavy (non-hydrogen) atoms. The molecule has 0 unspecified atom stereocenters. The highest BCUT2D eigenvalue weighted by atomic mass is 19.1. The summed E-state index contributed by atoms with van der Waals surface area (Å²) < 4.78 is 12.3. The molecule has 2 aliphatic carbocycles. The lowest BCUT2D eigenvalue weighted by Gasteiger charge is -2.38. The van der Waals surface area contributed by atoms with Crippen LogP contribution in [0.5, 0.6) is 0 Å². The molecule has 0 radical (unpaired) electrons. The average molecular weight is 294 g/mol. The Kier molecular flexibility index (Phi) is 7.82. The Bertz CT molecular complexity index is 280. The second-order valence-corrected chi connectivity index (χ2v) is 7.54. The highest BCUT2D eigenvalue weighted by Gasteiger charge is 2.30. The summed E-state index contributed by atoms with van der Waals surface area (Å²) >= 11 is 0. The summed E-state index contributed by atoms with van der Waals surface area (Å²) in [5, 5.41) is 0. The van der Waals surface area contributed by atoms with Gasteiger partial charge in [-0.1, -0.05) is 37.8 Å². The first-order valence-corrected chi connectivity index (χ1v) is 9.50. The molecule has 2 fully saturated rings. The van der Waals surface area contributed by atoms with E-state index >= 15 is 0 Å². The van der Waals surface area contributed by atoms with Gasteiger partial charge in [0.2, 0.25) is 0 Å². The molecule has 2 aliphatic rings. The van der Waals surface area contributed by atoms with E-state index in [4.69, 9.17) is 0 Å². The van der Waals surface area contributed by atoms with Gasteiger partial charge in [0, 0.05) is 0 Å². The number of allylic oxidation sites excluding steroid dienone is 2. The number of hydrogen-bond acceptors (Lipinski definition) is 0. The van der Waals surface area contributed by atoms with Crippen molar-refractivity contribution in [3.05, 3.63) is 12.2 Å². The normalized spacial score (nSPS) is 34.4. The maximum absolute atomic E-state index is 12.3. The zero-order chi connectivity index (χ0) is 14.9. The summed E-state index contributed by atoms with van der Waals surface area (Å²) in [5.74, 6) is 3.86. The third-order valence-electron chi connectivity index (χ3n) is 6.17. The van der Waals surface area contributed by atoms with Gasteiger partial charge in [-0.05, 0) is 82.0 Å². The van der Waals surface area contributed by atoms with Gasteiger partial charge in [-0.3, -0.25) is 4.39 Å². The van der Waals surface area contributed by atoms with E-state index in [0.717, 1.165) is 36.5 Å². The Morgan fingerprint density at radius 2 is 1.33 bits per heavy atom. The van der Waals surface area contributed by atoms with Crippen LogP contribution in [0.25, 0.3) is 0 Å². The largest absolute Gasteiger partial charge is 0.251 e. The quantitative estimate of drug-likeness (QED) is 0.458. The second kappa shape index (κ2) is 9.64. The molecule has 0 heterocycles. The summed E-state index contributed by atoms with van der Waals surface area (Å²) in [6.45, 7) is 2.01. The fraction of sp³-hybridized carbons (Fsp3) is 0.900. The van der Waals surface area contributed by atoms with Gasteiger partial charge in [-0.25, -0.2) is 0 Å². The minimum atomic E-state index is -0.114. The highest BCUT2D eigenvalue weighted by Crippen LogP contribution is 2.42. The molecular weight excluding hydrogens is 259 g/mol. The first kappa shape index (κ1) is 17.0. The third-order valence-corrected chi connectivity index (χ3v) is 6.17. The molecule has 1 heteroatoms. The zero-order valence-corrected chi connectivity index (χ0v) is 14.0. The molecule has 0 nitrogen and oxygen atoms in total.